The van der Waals surface area contributed by atoms with Crippen LogP contribution in [0.25, 0.3) is 0 Å². The average molecular weight is 139 g/mol. The fraction of sp³-hybridized carbons (Fsp3) is 0.625. The van der Waals surface area contributed by atoms with Gasteiger partial charge in [-0.2, -0.15) is 0 Å². The molecule has 0 saturated carbocycles. The van der Waals surface area contributed by atoms with Gasteiger partial charge in [-0.05, 0) is 6.42 Å². The molecule has 0 amide bonds. The van der Waals surface area contributed by atoms with Crippen molar-refractivity contribution in [2.75, 3.05) is 6.54 Å². The molecule has 1 saturated heterocycles. The zero-order valence-electron chi connectivity index (χ0n) is 6.10. The highest BCUT2D eigenvalue weighted by molar-refractivity contribution is 5.79. The van der Waals surface area contributed by atoms with Gasteiger partial charge in [-0.1, -0.05) is 6.08 Å². The molecular weight excluding hydrogens is 126 g/mol. The van der Waals surface area contributed by atoms with Gasteiger partial charge in [0.15, 0.2) is 0 Å². The molecule has 56 valence electrons. The van der Waals surface area contributed by atoms with Crippen LogP contribution in [-0.4, -0.2) is 18.4 Å². The summed E-state index contributed by atoms with van der Waals surface area (Å²) < 4.78 is 0. The van der Waals surface area contributed by atoms with E-state index in [0.717, 1.165) is 13.0 Å². The van der Waals surface area contributed by atoms with Crippen LogP contribution in [0, 0.1) is 0 Å². The standard InChI is InChI=1S/C8H13NO/c1-2-3-7-6-8(10)4-5-9-7/h2,7,9H,1,3-6H2. The van der Waals surface area contributed by atoms with Crippen molar-refractivity contribution in [3.63, 3.8) is 0 Å². The van der Waals surface area contributed by atoms with E-state index in [1.54, 1.807) is 0 Å². The van der Waals surface area contributed by atoms with E-state index < -0.39 is 0 Å². The highest BCUT2D eigenvalue weighted by Gasteiger charge is 2.16. The van der Waals surface area contributed by atoms with E-state index in [1.807, 2.05) is 6.08 Å². The summed E-state index contributed by atoms with van der Waals surface area (Å²) in [5.74, 6) is 0.380. The van der Waals surface area contributed by atoms with E-state index in [9.17, 15) is 4.79 Å². The Hall–Kier alpha value is -0.630. The van der Waals surface area contributed by atoms with Crippen LogP contribution in [0.3, 0.4) is 0 Å². The van der Waals surface area contributed by atoms with E-state index in [-0.39, 0.29) is 0 Å². The molecule has 1 rings (SSSR count). The maximum absolute atomic E-state index is 10.9. The Balaban J connectivity index is 2.31. The number of rotatable bonds is 2. The lowest BCUT2D eigenvalue weighted by Crippen LogP contribution is -2.37. The van der Waals surface area contributed by atoms with Crippen molar-refractivity contribution in [3.8, 4) is 0 Å². The quantitative estimate of drug-likeness (QED) is 0.575. The summed E-state index contributed by atoms with van der Waals surface area (Å²) >= 11 is 0. The lowest BCUT2D eigenvalue weighted by molar-refractivity contribution is -0.120. The first kappa shape index (κ1) is 7.48. The Morgan fingerprint density at radius 1 is 1.80 bits per heavy atom. The number of ketones is 1. The number of piperidine rings is 1. The van der Waals surface area contributed by atoms with Gasteiger partial charge in [0.05, 0.1) is 0 Å². The summed E-state index contributed by atoms with van der Waals surface area (Å²) in [6.07, 6.45) is 4.15. The Morgan fingerprint density at radius 2 is 2.60 bits per heavy atom. The van der Waals surface area contributed by atoms with Gasteiger partial charge in [-0.25, -0.2) is 0 Å². The zero-order chi connectivity index (χ0) is 7.40. The van der Waals surface area contributed by atoms with Gasteiger partial charge >= 0.3 is 0 Å². The second kappa shape index (κ2) is 3.52. The minimum Gasteiger partial charge on any atom is -0.313 e. The fourth-order valence-corrected chi connectivity index (χ4v) is 1.23. The predicted molar refractivity (Wildman–Crippen MR) is 40.8 cm³/mol. The van der Waals surface area contributed by atoms with Crippen molar-refractivity contribution in [1.29, 1.82) is 0 Å². The molecule has 0 aromatic rings. The van der Waals surface area contributed by atoms with Gasteiger partial charge in [0, 0.05) is 25.4 Å². The first-order valence-electron chi connectivity index (χ1n) is 3.69. The minimum absolute atomic E-state index is 0.360. The highest BCUT2D eigenvalue weighted by Crippen LogP contribution is 2.06. The van der Waals surface area contributed by atoms with Crippen LogP contribution in [-0.2, 0) is 4.79 Å². The number of carbonyl (C=O) groups excluding carboxylic acids is 1. The molecule has 2 heteroatoms. The Kier molecular flexibility index (Phi) is 2.63. The van der Waals surface area contributed by atoms with Gasteiger partial charge < -0.3 is 5.32 Å². The molecule has 1 aliphatic heterocycles. The molecule has 2 nitrogen and oxygen atoms in total. The minimum atomic E-state index is 0.360. The third-order valence-electron chi connectivity index (χ3n) is 1.76. The second-order valence-corrected chi connectivity index (χ2v) is 2.67. The third-order valence-corrected chi connectivity index (χ3v) is 1.76. The summed E-state index contributed by atoms with van der Waals surface area (Å²) in [5.41, 5.74) is 0. The van der Waals surface area contributed by atoms with Gasteiger partial charge in [0.2, 0.25) is 0 Å². The number of Topliss-reactive ketones (excluding diaryl/α,β-unsaturated/α-hetero) is 1. The fourth-order valence-electron chi connectivity index (χ4n) is 1.23. The van der Waals surface area contributed by atoms with Gasteiger partial charge in [-0.15, -0.1) is 6.58 Å². The van der Waals surface area contributed by atoms with Gasteiger partial charge in [0.25, 0.3) is 0 Å². The number of hydrogen-bond donors (Lipinski definition) is 1. The van der Waals surface area contributed by atoms with E-state index in [2.05, 4.69) is 11.9 Å². The SMILES string of the molecule is C=CCC1CC(=O)CCN1. The van der Waals surface area contributed by atoms with E-state index in [1.165, 1.54) is 0 Å². The molecule has 0 aliphatic carbocycles. The predicted octanol–water partition coefficient (Wildman–Crippen LogP) is 0.884. The normalized spacial score (nSPS) is 26.4. The summed E-state index contributed by atoms with van der Waals surface area (Å²) in [6.45, 7) is 4.47. The van der Waals surface area contributed by atoms with E-state index >= 15 is 0 Å². The summed E-state index contributed by atoms with van der Waals surface area (Å²) in [5, 5.41) is 3.26. The molecule has 0 bridgehead atoms. The van der Waals surface area contributed by atoms with Crippen LogP contribution in [0.4, 0.5) is 0 Å². The monoisotopic (exact) mass is 139 g/mol. The van der Waals surface area contributed by atoms with Gasteiger partial charge in [0.1, 0.15) is 5.78 Å². The number of carbonyl (C=O) groups is 1. The van der Waals surface area contributed by atoms with Crippen molar-refractivity contribution in [2.45, 2.75) is 25.3 Å². The molecule has 1 aliphatic rings. The number of hydrogen-bond acceptors (Lipinski definition) is 2. The Morgan fingerprint density at radius 3 is 3.20 bits per heavy atom. The van der Waals surface area contributed by atoms with Crippen molar-refractivity contribution >= 4 is 5.78 Å². The van der Waals surface area contributed by atoms with Crippen molar-refractivity contribution in [1.82, 2.24) is 5.32 Å². The van der Waals surface area contributed by atoms with Crippen molar-refractivity contribution in [2.24, 2.45) is 0 Å². The topological polar surface area (TPSA) is 29.1 Å². The molecule has 0 aromatic heterocycles. The molecule has 0 aromatic carbocycles. The molecule has 1 fully saturated rings. The van der Waals surface area contributed by atoms with Crippen LogP contribution < -0.4 is 5.32 Å². The van der Waals surface area contributed by atoms with Crippen LogP contribution in [0.5, 0.6) is 0 Å². The first-order chi connectivity index (χ1) is 4.83. The largest absolute Gasteiger partial charge is 0.313 e. The van der Waals surface area contributed by atoms with E-state index in [0.29, 0.717) is 24.7 Å². The lowest BCUT2D eigenvalue weighted by atomic mass is 10.0. The number of nitrogens with one attached hydrogen (secondary N) is 1. The van der Waals surface area contributed by atoms with Gasteiger partial charge in [-0.3, -0.25) is 4.79 Å². The molecule has 1 heterocycles. The average Bonchev–Trinajstić information content (AvgIpc) is 1.88. The van der Waals surface area contributed by atoms with Crippen LogP contribution in [0.2, 0.25) is 0 Å². The lowest BCUT2D eigenvalue weighted by Gasteiger charge is -2.20. The Labute approximate surface area is 61.3 Å². The van der Waals surface area contributed by atoms with Crippen LogP contribution >= 0.6 is 0 Å². The molecular formula is C8H13NO. The smallest absolute Gasteiger partial charge is 0.135 e. The summed E-state index contributed by atoms with van der Waals surface area (Å²) in [4.78, 5) is 10.9. The highest BCUT2D eigenvalue weighted by atomic mass is 16.1. The molecule has 10 heavy (non-hydrogen) atoms. The molecule has 0 radical (unpaired) electrons. The third kappa shape index (κ3) is 1.95. The zero-order valence-corrected chi connectivity index (χ0v) is 6.10. The molecule has 0 spiro atoms. The van der Waals surface area contributed by atoms with E-state index in [4.69, 9.17) is 0 Å². The maximum atomic E-state index is 10.9. The molecule has 1 atom stereocenters. The summed E-state index contributed by atoms with van der Waals surface area (Å²) in [6, 6.07) is 0.360. The Bertz CT molecular complexity index is 142. The van der Waals surface area contributed by atoms with Crippen LogP contribution in [0.1, 0.15) is 19.3 Å². The van der Waals surface area contributed by atoms with Crippen LogP contribution in [0.15, 0.2) is 12.7 Å². The van der Waals surface area contributed by atoms with Crippen molar-refractivity contribution < 1.29 is 4.79 Å². The maximum Gasteiger partial charge on any atom is 0.135 e. The molecule has 1 N–H and O–H groups in total. The summed E-state index contributed by atoms with van der Waals surface area (Å²) in [7, 11) is 0. The second-order valence-electron chi connectivity index (χ2n) is 2.67. The molecule has 1 unspecified atom stereocenters. The van der Waals surface area contributed by atoms with Crippen molar-refractivity contribution in [3.05, 3.63) is 12.7 Å². The first-order valence-corrected chi connectivity index (χ1v) is 3.69.